The van der Waals surface area contributed by atoms with E-state index in [-0.39, 0.29) is 30.1 Å². The molecule has 0 unspecified atom stereocenters. The van der Waals surface area contributed by atoms with Crippen LogP contribution in [0.3, 0.4) is 0 Å². The Morgan fingerprint density at radius 2 is 2.00 bits per heavy atom. The van der Waals surface area contributed by atoms with Crippen LogP contribution in [0.2, 0.25) is 10.0 Å². The molecule has 0 amide bonds. The van der Waals surface area contributed by atoms with Crippen LogP contribution in [-0.2, 0) is 14.8 Å². The third kappa shape index (κ3) is 4.89. The lowest BCUT2D eigenvalue weighted by Gasteiger charge is -2.23. The first-order chi connectivity index (χ1) is 8.71. The lowest BCUT2D eigenvalue weighted by molar-refractivity contribution is -0.137. The van der Waals surface area contributed by atoms with Gasteiger partial charge in [0.15, 0.2) is 0 Å². The highest BCUT2D eigenvalue weighted by Gasteiger charge is 2.20. The lowest BCUT2D eigenvalue weighted by Crippen LogP contribution is -2.31. The summed E-state index contributed by atoms with van der Waals surface area (Å²) in [5.74, 6) is -0.981. The van der Waals surface area contributed by atoms with Gasteiger partial charge in [-0.25, -0.2) is 8.42 Å². The van der Waals surface area contributed by atoms with Crippen molar-refractivity contribution in [2.75, 3.05) is 17.1 Å². The first-order valence-electron chi connectivity index (χ1n) is 5.36. The molecular weight excluding hydrogens is 313 g/mol. The SMILES string of the molecule is CS(=O)(=O)N(CCCC(=O)O)c1cc(Cl)ccc1Cl. The number of halogens is 2. The zero-order valence-corrected chi connectivity index (χ0v) is 12.5. The summed E-state index contributed by atoms with van der Waals surface area (Å²) in [6, 6.07) is 4.48. The van der Waals surface area contributed by atoms with E-state index in [1.165, 1.54) is 12.1 Å². The van der Waals surface area contributed by atoms with E-state index in [1.807, 2.05) is 0 Å². The van der Waals surface area contributed by atoms with E-state index in [0.717, 1.165) is 10.6 Å². The van der Waals surface area contributed by atoms with Gasteiger partial charge in [0.1, 0.15) is 0 Å². The van der Waals surface area contributed by atoms with Crippen LogP contribution >= 0.6 is 23.2 Å². The molecule has 1 N–H and O–H groups in total. The van der Waals surface area contributed by atoms with Crippen molar-refractivity contribution < 1.29 is 18.3 Å². The van der Waals surface area contributed by atoms with Crippen molar-refractivity contribution in [1.29, 1.82) is 0 Å². The fourth-order valence-electron chi connectivity index (χ4n) is 1.52. The molecule has 19 heavy (non-hydrogen) atoms. The summed E-state index contributed by atoms with van der Waals surface area (Å²) in [6.07, 6.45) is 1.10. The van der Waals surface area contributed by atoms with Gasteiger partial charge >= 0.3 is 5.97 Å². The van der Waals surface area contributed by atoms with Crippen LogP contribution in [-0.4, -0.2) is 32.3 Å². The highest BCUT2D eigenvalue weighted by molar-refractivity contribution is 7.92. The van der Waals surface area contributed by atoms with Gasteiger partial charge in [0.25, 0.3) is 0 Å². The second kappa shape index (κ2) is 6.45. The third-order valence-corrected chi connectivity index (χ3v) is 4.06. The van der Waals surface area contributed by atoms with Crippen molar-refractivity contribution >= 4 is 44.9 Å². The molecular formula is C11H13Cl2NO4S. The molecule has 0 aliphatic heterocycles. The van der Waals surface area contributed by atoms with Gasteiger partial charge in [0, 0.05) is 18.0 Å². The van der Waals surface area contributed by atoms with Crippen molar-refractivity contribution in [3.63, 3.8) is 0 Å². The highest BCUT2D eigenvalue weighted by atomic mass is 35.5. The highest BCUT2D eigenvalue weighted by Crippen LogP contribution is 2.30. The van der Waals surface area contributed by atoms with E-state index in [9.17, 15) is 13.2 Å². The molecule has 0 saturated carbocycles. The fourth-order valence-corrected chi connectivity index (χ4v) is 2.92. The molecule has 0 atom stereocenters. The van der Waals surface area contributed by atoms with Crippen LogP contribution in [0.5, 0.6) is 0 Å². The standard InChI is InChI=1S/C11H13Cl2NO4S/c1-19(17,18)14(6-2-3-11(15)16)10-7-8(12)4-5-9(10)13/h4-5,7H,2-3,6H2,1H3,(H,15,16). The topological polar surface area (TPSA) is 74.7 Å². The Hall–Kier alpha value is -0.980. The van der Waals surface area contributed by atoms with Crippen LogP contribution in [0.15, 0.2) is 18.2 Å². The van der Waals surface area contributed by atoms with E-state index in [2.05, 4.69) is 0 Å². The number of carboxylic acids is 1. The monoisotopic (exact) mass is 325 g/mol. The van der Waals surface area contributed by atoms with Crippen molar-refractivity contribution in [1.82, 2.24) is 0 Å². The van der Waals surface area contributed by atoms with E-state index in [4.69, 9.17) is 28.3 Å². The van der Waals surface area contributed by atoms with E-state index in [1.54, 1.807) is 6.07 Å². The number of hydrogen-bond donors (Lipinski definition) is 1. The smallest absolute Gasteiger partial charge is 0.303 e. The van der Waals surface area contributed by atoms with Crippen LogP contribution in [0.1, 0.15) is 12.8 Å². The first kappa shape index (κ1) is 16.1. The average molecular weight is 326 g/mol. The molecule has 0 radical (unpaired) electrons. The van der Waals surface area contributed by atoms with Crippen LogP contribution in [0, 0.1) is 0 Å². The normalized spacial score (nSPS) is 11.3. The number of nitrogens with zero attached hydrogens (tertiary/aromatic N) is 1. The van der Waals surface area contributed by atoms with Crippen molar-refractivity contribution in [3.8, 4) is 0 Å². The summed E-state index contributed by atoms with van der Waals surface area (Å²) < 4.78 is 24.6. The number of carbonyl (C=O) groups is 1. The number of aliphatic carboxylic acids is 1. The second-order valence-electron chi connectivity index (χ2n) is 3.93. The van der Waals surface area contributed by atoms with Crippen molar-refractivity contribution in [3.05, 3.63) is 28.2 Å². The zero-order chi connectivity index (χ0) is 14.6. The molecule has 0 aliphatic carbocycles. The summed E-state index contributed by atoms with van der Waals surface area (Å²) in [4.78, 5) is 10.5. The maximum atomic E-state index is 11.7. The minimum Gasteiger partial charge on any atom is -0.481 e. The number of rotatable bonds is 6. The number of hydrogen-bond acceptors (Lipinski definition) is 3. The number of sulfonamides is 1. The molecule has 106 valence electrons. The maximum Gasteiger partial charge on any atom is 0.303 e. The van der Waals surface area contributed by atoms with E-state index in [0.29, 0.717) is 5.02 Å². The summed E-state index contributed by atoms with van der Waals surface area (Å²) in [5, 5.41) is 9.18. The Morgan fingerprint density at radius 3 is 2.53 bits per heavy atom. The van der Waals surface area contributed by atoms with Crippen LogP contribution in [0.25, 0.3) is 0 Å². The molecule has 0 fully saturated rings. The fraction of sp³-hybridized carbons (Fsp3) is 0.364. The number of benzene rings is 1. The molecule has 0 spiro atoms. The van der Waals surface area contributed by atoms with Gasteiger partial charge in [0.2, 0.25) is 10.0 Å². The quantitative estimate of drug-likeness (QED) is 0.872. The third-order valence-electron chi connectivity index (χ3n) is 2.33. The predicted molar refractivity (Wildman–Crippen MR) is 75.5 cm³/mol. The number of carboxylic acid groups (broad SMARTS) is 1. The van der Waals surface area contributed by atoms with Gasteiger partial charge in [-0.1, -0.05) is 23.2 Å². The van der Waals surface area contributed by atoms with Crippen molar-refractivity contribution in [2.45, 2.75) is 12.8 Å². The van der Waals surface area contributed by atoms with Gasteiger partial charge in [0.05, 0.1) is 17.0 Å². The van der Waals surface area contributed by atoms with Gasteiger partial charge < -0.3 is 5.11 Å². The lowest BCUT2D eigenvalue weighted by atomic mass is 10.3. The molecule has 0 heterocycles. The van der Waals surface area contributed by atoms with Gasteiger partial charge in [-0.15, -0.1) is 0 Å². The average Bonchev–Trinajstić information content (AvgIpc) is 2.26. The molecule has 0 bridgehead atoms. The summed E-state index contributed by atoms with van der Waals surface area (Å²) in [7, 11) is -3.56. The molecule has 0 aromatic heterocycles. The van der Waals surface area contributed by atoms with Gasteiger partial charge in [-0.3, -0.25) is 9.10 Å². The minimum absolute atomic E-state index is 0.0329. The van der Waals surface area contributed by atoms with Crippen LogP contribution in [0.4, 0.5) is 5.69 Å². The molecule has 1 aromatic rings. The maximum absolute atomic E-state index is 11.7. The van der Waals surface area contributed by atoms with E-state index >= 15 is 0 Å². The first-order valence-corrected chi connectivity index (χ1v) is 7.97. The number of anilines is 1. The largest absolute Gasteiger partial charge is 0.481 e. The summed E-state index contributed by atoms with van der Waals surface area (Å²) in [6.45, 7) is 0.0329. The second-order valence-corrected chi connectivity index (χ2v) is 6.68. The Morgan fingerprint density at radius 1 is 1.37 bits per heavy atom. The van der Waals surface area contributed by atoms with Gasteiger partial charge in [-0.05, 0) is 24.6 Å². The summed E-state index contributed by atoms with van der Waals surface area (Å²) in [5.41, 5.74) is 0.252. The zero-order valence-electron chi connectivity index (χ0n) is 10.1. The Kier molecular flexibility index (Phi) is 5.46. The molecule has 8 heteroatoms. The summed E-state index contributed by atoms with van der Waals surface area (Å²) >= 11 is 11.8. The van der Waals surface area contributed by atoms with Crippen molar-refractivity contribution in [2.24, 2.45) is 0 Å². The predicted octanol–water partition coefficient (Wildman–Crippen LogP) is 2.62. The van der Waals surface area contributed by atoms with E-state index < -0.39 is 16.0 Å². The molecule has 1 aromatic carbocycles. The Balaban J connectivity index is 3.04. The molecule has 1 rings (SSSR count). The molecule has 0 aliphatic rings. The van der Waals surface area contributed by atoms with Crippen LogP contribution < -0.4 is 4.31 Å². The molecule has 5 nitrogen and oxygen atoms in total. The Bertz CT molecular complexity index is 574. The molecule has 0 saturated heterocycles. The minimum atomic E-state index is -3.56. The van der Waals surface area contributed by atoms with Gasteiger partial charge in [-0.2, -0.15) is 0 Å². The Labute approximate surface area is 121 Å².